The zero-order chi connectivity index (χ0) is 11.1. The zero-order valence-corrected chi connectivity index (χ0v) is 10.0. The molecule has 88 valence electrons. The van der Waals surface area contributed by atoms with E-state index in [0.29, 0.717) is 12.0 Å². The summed E-state index contributed by atoms with van der Waals surface area (Å²) in [5.74, 6) is 0.626. The van der Waals surface area contributed by atoms with Crippen LogP contribution in [0.3, 0.4) is 0 Å². The van der Waals surface area contributed by atoms with Crippen molar-refractivity contribution in [3.05, 3.63) is 12.7 Å². The van der Waals surface area contributed by atoms with Gasteiger partial charge in [0.2, 0.25) is 0 Å². The molecule has 0 aromatic carbocycles. The Hall–Kier alpha value is -0.380. The molecule has 1 N–H and O–H groups in total. The van der Waals surface area contributed by atoms with Crippen molar-refractivity contribution in [2.75, 3.05) is 39.9 Å². The highest BCUT2D eigenvalue weighted by Crippen LogP contribution is 2.14. The van der Waals surface area contributed by atoms with Crippen LogP contribution in [0.25, 0.3) is 0 Å². The Kier molecular flexibility index (Phi) is 5.91. The van der Waals surface area contributed by atoms with E-state index in [9.17, 15) is 0 Å². The molecule has 0 aromatic rings. The molecule has 0 radical (unpaired) electrons. The van der Waals surface area contributed by atoms with Crippen LogP contribution >= 0.6 is 0 Å². The van der Waals surface area contributed by atoms with Crippen molar-refractivity contribution in [3.8, 4) is 0 Å². The van der Waals surface area contributed by atoms with Gasteiger partial charge in [-0.2, -0.15) is 0 Å². The monoisotopic (exact) mass is 212 g/mol. The first-order chi connectivity index (χ1) is 7.27. The van der Waals surface area contributed by atoms with Crippen LogP contribution in [0.15, 0.2) is 12.7 Å². The van der Waals surface area contributed by atoms with Gasteiger partial charge in [0.1, 0.15) is 0 Å². The minimum Gasteiger partial charge on any atom is -0.379 e. The second-order valence-corrected chi connectivity index (χ2v) is 4.37. The van der Waals surface area contributed by atoms with Gasteiger partial charge >= 0.3 is 0 Å². The number of nitrogens with one attached hydrogen (secondary N) is 1. The second kappa shape index (κ2) is 6.99. The Morgan fingerprint density at radius 1 is 1.53 bits per heavy atom. The van der Waals surface area contributed by atoms with Crippen LogP contribution in [-0.2, 0) is 4.74 Å². The van der Waals surface area contributed by atoms with Gasteiger partial charge in [0.05, 0.1) is 13.2 Å². The molecule has 2 unspecified atom stereocenters. The first-order valence-electron chi connectivity index (χ1n) is 5.88. The lowest BCUT2D eigenvalue weighted by Crippen LogP contribution is -2.41. The van der Waals surface area contributed by atoms with Gasteiger partial charge in [0.25, 0.3) is 0 Å². The molecule has 0 aromatic heterocycles. The summed E-state index contributed by atoms with van der Waals surface area (Å²) >= 11 is 0. The lowest BCUT2D eigenvalue weighted by atomic mass is 10.0. The largest absolute Gasteiger partial charge is 0.379 e. The topological polar surface area (TPSA) is 24.5 Å². The molecule has 0 saturated carbocycles. The summed E-state index contributed by atoms with van der Waals surface area (Å²) in [6.07, 6.45) is 3.13. The van der Waals surface area contributed by atoms with E-state index in [2.05, 4.69) is 30.8 Å². The van der Waals surface area contributed by atoms with Crippen molar-refractivity contribution in [1.82, 2.24) is 10.2 Å². The first-order valence-corrected chi connectivity index (χ1v) is 5.88. The Morgan fingerprint density at radius 2 is 2.33 bits per heavy atom. The Balaban J connectivity index is 2.28. The summed E-state index contributed by atoms with van der Waals surface area (Å²) in [5, 5.41) is 3.55. The third-order valence-electron chi connectivity index (χ3n) is 2.84. The third kappa shape index (κ3) is 4.33. The number of likely N-dealkylation sites (N-methyl/N-ethyl adjacent to an activating group) is 1. The molecule has 1 aliphatic rings. The SMILES string of the molecule is C=CCN(C)CC1COCC1NCCC. The van der Waals surface area contributed by atoms with E-state index in [0.717, 1.165) is 32.8 Å². The van der Waals surface area contributed by atoms with Gasteiger partial charge in [-0.1, -0.05) is 13.0 Å². The van der Waals surface area contributed by atoms with Gasteiger partial charge in [-0.05, 0) is 20.0 Å². The Labute approximate surface area is 93.5 Å². The second-order valence-electron chi connectivity index (χ2n) is 4.37. The predicted molar refractivity (Wildman–Crippen MR) is 64.1 cm³/mol. The normalized spacial score (nSPS) is 26.1. The maximum Gasteiger partial charge on any atom is 0.0623 e. The van der Waals surface area contributed by atoms with Crippen molar-refractivity contribution in [1.29, 1.82) is 0 Å². The highest BCUT2D eigenvalue weighted by atomic mass is 16.5. The Bertz CT molecular complexity index is 184. The first kappa shape index (κ1) is 12.7. The van der Waals surface area contributed by atoms with E-state index in [1.807, 2.05) is 6.08 Å². The lowest BCUT2D eigenvalue weighted by molar-refractivity contribution is 0.175. The summed E-state index contributed by atoms with van der Waals surface area (Å²) < 4.78 is 5.53. The third-order valence-corrected chi connectivity index (χ3v) is 2.84. The van der Waals surface area contributed by atoms with Crippen molar-refractivity contribution >= 4 is 0 Å². The van der Waals surface area contributed by atoms with Crippen LogP contribution in [0, 0.1) is 5.92 Å². The highest BCUT2D eigenvalue weighted by Gasteiger charge is 2.28. The smallest absolute Gasteiger partial charge is 0.0623 e. The molecule has 15 heavy (non-hydrogen) atoms. The van der Waals surface area contributed by atoms with Crippen LogP contribution in [-0.4, -0.2) is 50.8 Å². The number of nitrogens with zero attached hydrogens (tertiary/aromatic N) is 1. The van der Waals surface area contributed by atoms with Crippen molar-refractivity contribution < 1.29 is 4.74 Å². The molecule has 0 bridgehead atoms. The fourth-order valence-electron chi connectivity index (χ4n) is 2.03. The van der Waals surface area contributed by atoms with E-state index >= 15 is 0 Å². The van der Waals surface area contributed by atoms with Crippen molar-refractivity contribution in [2.45, 2.75) is 19.4 Å². The molecule has 1 fully saturated rings. The zero-order valence-electron chi connectivity index (χ0n) is 10.0. The van der Waals surface area contributed by atoms with Crippen LogP contribution in [0.2, 0.25) is 0 Å². The standard InChI is InChI=1S/C12H24N2O/c1-4-6-13-12-10-15-9-11(12)8-14(3)7-5-2/h5,11-13H,2,4,6-10H2,1,3H3. The van der Waals surface area contributed by atoms with Gasteiger partial charge < -0.3 is 15.0 Å². The van der Waals surface area contributed by atoms with Crippen LogP contribution in [0.1, 0.15) is 13.3 Å². The molecule has 3 nitrogen and oxygen atoms in total. The fraction of sp³-hybridized carbons (Fsp3) is 0.833. The maximum absolute atomic E-state index is 5.53. The average molecular weight is 212 g/mol. The summed E-state index contributed by atoms with van der Waals surface area (Å²) in [4.78, 5) is 2.30. The molecule has 3 heteroatoms. The van der Waals surface area contributed by atoms with Crippen LogP contribution in [0.5, 0.6) is 0 Å². The molecular formula is C12H24N2O. The summed E-state index contributed by atoms with van der Waals surface area (Å²) in [7, 11) is 2.14. The predicted octanol–water partition coefficient (Wildman–Crippen LogP) is 1.12. The molecule has 0 aliphatic carbocycles. The van der Waals surface area contributed by atoms with Gasteiger partial charge in [0.15, 0.2) is 0 Å². The van der Waals surface area contributed by atoms with E-state index < -0.39 is 0 Å². The molecule has 1 rings (SSSR count). The molecule has 0 amide bonds. The van der Waals surface area contributed by atoms with E-state index in [4.69, 9.17) is 4.74 Å². The molecule has 2 atom stereocenters. The van der Waals surface area contributed by atoms with E-state index in [-0.39, 0.29) is 0 Å². The summed E-state index contributed by atoms with van der Waals surface area (Å²) in [5.41, 5.74) is 0. The molecule has 0 spiro atoms. The number of hydrogen-bond acceptors (Lipinski definition) is 3. The maximum atomic E-state index is 5.53. The molecular weight excluding hydrogens is 188 g/mol. The molecule has 1 saturated heterocycles. The fourth-order valence-corrected chi connectivity index (χ4v) is 2.03. The Morgan fingerprint density at radius 3 is 3.00 bits per heavy atom. The molecule has 1 heterocycles. The minimum atomic E-state index is 0.539. The quantitative estimate of drug-likeness (QED) is 0.640. The van der Waals surface area contributed by atoms with Gasteiger partial charge in [-0.15, -0.1) is 6.58 Å². The number of rotatable bonds is 7. The number of ether oxygens (including phenoxy) is 1. The molecule has 1 aliphatic heterocycles. The van der Waals surface area contributed by atoms with Gasteiger partial charge in [0, 0.05) is 25.0 Å². The van der Waals surface area contributed by atoms with E-state index in [1.165, 1.54) is 6.42 Å². The minimum absolute atomic E-state index is 0.539. The average Bonchev–Trinajstić information content (AvgIpc) is 2.63. The van der Waals surface area contributed by atoms with Crippen molar-refractivity contribution in [2.24, 2.45) is 5.92 Å². The number of hydrogen-bond donors (Lipinski definition) is 1. The van der Waals surface area contributed by atoms with Gasteiger partial charge in [-0.25, -0.2) is 0 Å². The summed E-state index contributed by atoms with van der Waals surface area (Å²) in [6.45, 7) is 10.8. The van der Waals surface area contributed by atoms with Crippen molar-refractivity contribution in [3.63, 3.8) is 0 Å². The summed E-state index contributed by atoms with van der Waals surface area (Å²) in [6, 6.07) is 0.539. The van der Waals surface area contributed by atoms with E-state index in [1.54, 1.807) is 0 Å². The lowest BCUT2D eigenvalue weighted by Gasteiger charge is -2.23. The van der Waals surface area contributed by atoms with Gasteiger partial charge in [-0.3, -0.25) is 0 Å². The van der Waals surface area contributed by atoms with Crippen LogP contribution in [0.4, 0.5) is 0 Å². The highest BCUT2D eigenvalue weighted by molar-refractivity contribution is 4.84. The van der Waals surface area contributed by atoms with Crippen LogP contribution < -0.4 is 5.32 Å².